The van der Waals surface area contributed by atoms with E-state index >= 15 is 0 Å². The maximum atomic E-state index is 4.93. The Hall–Kier alpha value is -2.59. The Bertz CT molecular complexity index is 836. The Kier molecular flexibility index (Phi) is 3.71. The minimum Gasteiger partial charge on any atom is -0.246 e. The summed E-state index contributed by atoms with van der Waals surface area (Å²) in [6, 6.07) is 18.8. The zero-order chi connectivity index (χ0) is 14.7. The van der Waals surface area contributed by atoms with Crippen molar-refractivity contribution < 1.29 is 0 Å². The van der Waals surface area contributed by atoms with Gasteiger partial charge in [0, 0.05) is 10.9 Å². The third kappa shape index (κ3) is 2.53. The molecule has 0 aliphatic heterocycles. The Morgan fingerprint density at radius 1 is 1.00 bits per heavy atom. The second-order valence-corrected chi connectivity index (χ2v) is 4.97. The van der Waals surface area contributed by atoms with Crippen molar-refractivity contribution >= 4 is 10.9 Å². The van der Waals surface area contributed by atoms with E-state index < -0.39 is 0 Å². The molecule has 3 aromatic rings. The number of rotatable bonds is 2. The summed E-state index contributed by atoms with van der Waals surface area (Å²) < 4.78 is 0. The molecular formula is C20H17N. The summed E-state index contributed by atoms with van der Waals surface area (Å²) in [5.74, 6) is 6.13. The predicted octanol–water partition coefficient (Wildman–Crippen LogP) is 4.84. The average molecular weight is 271 g/mol. The van der Waals surface area contributed by atoms with Gasteiger partial charge in [0.25, 0.3) is 0 Å². The van der Waals surface area contributed by atoms with E-state index in [1.54, 1.807) is 0 Å². The van der Waals surface area contributed by atoms with Crippen LogP contribution in [0.15, 0.2) is 54.6 Å². The molecule has 1 heterocycles. The van der Waals surface area contributed by atoms with Crippen molar-refractivity contribution in [2.24, 2.45) is 0 Å². The molecule has 0 aliphatic carbocycles. The van der Waals surface area contributed by atoms with Crippen molar-refractivity contribution in [2.75, 3.05) is 0 Å². The smallest absolute Gasteiger partial charge is 0.0866 e. The number of hydrogen-bond acceptors (Lipinski definition) is 1. The van der Waals surface area contributed by atoms with E-state index in [-0.39, 0.29) is 0 Å². The van der Waals surface area contributed by atoms with Crippen LogP contribution in [-0.4, -0.2) is 4.98 Å². The van der Waals surface area contributed by atoms with E-state index in [2.05, 4.69) is 55.2 Å². The van der Waals surface area contributed by atoms with Gasteiger partial charge in [-0.25, -0.2) is 4.98 Å². The van der Waals surface area contributed by atoms with Gasteiger partial charge in [0.2, 0.25) is 0 Å². The van der Waals surface area contributed by atoms with Gasteiger partial charge in [-0.3, -0.25) is 0 Å². The first-order valence-electron chi connectivity index (χ1n) is 7.24. The van der Waals surface area contributed by atoms with Gasteiger partial charge in [-0.05, 0) is 31.0 Å². The highest BCUT2D eigenvalue weighted by molar-refractivity contribution is 5.88. The van der Waals surface area contributed by atoms with Gasteiger partial charge in [-0.1, -0.05) is 55.3 Å². The summed E-state index contributed by atoms with van der Waals surface area (Å²) in [4.78, 5) is 4.93. The first-order valence-corrected chi connectivity index (χ1v) is 7.24. The van der Waals surface area contributed by atoms with Crippen molar-refractivity contribution in [3.8, 4) is 23.1 Å². The molecule has 0 atom stereocenters. The zero-order valence-electron chi connectivity index (χ0n) is 12.4. The summed E-state index contributed by atoms with van der Waals surface area (Å²) in [5.41, 5.74) is 5.49. The van der Waals surface area contributed by atoms with E-state index in [1.165, 1.54) is 5.56 Å². The van der Waals surface area contributed by atoms with E-state index in [0.717, 1.165) is 34.1 Å². The van der Waals surface area contributed by atoms with Crippen LogP contribution in [0.5, 0.6) is 0 Å². The Balaban J connectivity index is 2.33. The Morgan fingerprint density at radius 2 is 1.81 bits per heavy atom. The zero-order valence-corrected chi connectivity index (χ0v) is 12.4. The molecular weight excluding hydrogens is 254 g/mol. The second kappa shape index (κ2) is 5.81. The number of aryl methyl sites for hydroxylation is 1. The molecule has 0 unspecified atom stereocenters. The summed E-state index contributed by atoms with van der Waals surface area (Å²) in [5, 5.41) is 1.16. The fraction of sp³-hybridized carbons (Fsp3) is 0.150. The lowest BCUT2D eigenvalue weighted by atomic mass is 10.00. The molecule has 0 radical (unpaired) electrons. The normalized spacial score (nSPS) is 10.2. The number of pyridine rings is 1. The largest absolute Gasteiger partial charge is 0.246 e. The van der Waals surface area contributed by atoms with Crippen LogP contribution in [0, 0.1) is 11.8 Å². The van der Waals surface area contributed by atoms with Crippen LogP contribution in [0.1, 0.15) is 25.0 Å². The highest BCUT2D eigenvalue weighted by Gasteiger charge is 2.09. The fourth-order valence-electron chi connectivity index (χ4n) is 2.59. The van der Waals surface area contributed by atoms with E-state index in [1.807, 2.05) is 25.1 Å². The number of nitrogens with zero attached hydrogens (tertiary/aromatic N) is 1. The lowest BCUT2D eigenvalue weighted by Gasteiger charge is -2.10. The van der Waals surface area contributed by atoms with Crippen LogP contribution in [0.25, 0.3) is 22.2 Å². The minimum absolute atomic E-state index is 0.969. The molecule has 2 aromatic carbocycles. The number of hydrogen-bond donors (Lipinski definition) is 0. The molecule has 1 aromatic heterocycles. The standard InChI is InChI=1S/C20H17N/c1-3-9-16-12-8-13-18-14-15(4-2)19(21-20(16)18)17-10-6-5-7-11-17/h5-8,10-14H,4H2,1-2H3. The number of para-hydroxylation sites is 1. The Morgan fingerprint density at radius 3 is 2.52 bits per heavy atom. The molecule has 0 fully saturated rings. The molecule has 1 heteroatoms. The number of aromatic nitrogens is 1. The van der Waals surface area contributed by atoms with Gasteiger partial charge >= 0.3 is 0 Å². The molecule has 0 aliphatic rings. The predicted molar refractivity (Wildman–Crippen MR) is 89.1 cm³/mol. The lowest BCUT2D eigenvalue weighted by molar-refractivity contribution is 1.12. The van der Waals surface area contributed by atoms with Crippen LogP contribution in [0.2, 0.25) is 0 Å². The van der Waals surface area contributed by atoms with Gasteiger partial charge in [-0.15, -0.1) is 5.92 Å². The molecule has 21 heavy (non-hydrogen) atoms. The molecule has 0 spiro atoms. The van der Waals surface area contributed by atoms with Crippen LogP contribution in [0.3, 0.4) is 0 Å². The van der Waals surface area contributed by atoms with Gasteiger partial charge in [-0.2, -0.15) is 0 Å². The molecule has 102 valence electrons. The maximum Gasteiger partial charge on any atom is 0.0866 e. The van der Waals surface area contributed by atoms with E-state index in [9.17, 15) is 0 Å². The molecule has 0 bridgehead atoms. The first-order chi connectivity index (χ1) is 10.3. The molecule has 3 rings (SSSR count). The van der Waals surface area contributed by atoms with Crippen molar-refractivity contribution in [3.63, 3.8) is 0 Å². The van der Waals surface area contributed by atoms with Crippen LogP contribution in [0.4, 0.5) is 0 Å². The van der Waals surface area contributed by atoms with Gasteiger partial charge in [0.15, 0.2) is 0 Å². The summed E-state index contributed by atoms with van der Waals surface area (Å²) >= 11 is 0. The van der Waals surface area contributed by atoms with Crippen molar-refractivity contribution in [1.82, 2.24) is 4.98 Å². The molecule has 0 saturated carbocycles. The van der Waals surface area contributed by atoms with Crippen LogP contribution >= 0.6 is 0 Å². The second-order valence-electron chi connectivity index (χ2n) is 4.97. The van der Waals surface area contributed by atoms with Crippen molar-refractivity contribution in [2.45, 2.75) is 20.3 Å². The summed E-state index contributed by atoms with van der Waals surface area (Å²) in [7, 11) is 0. The van der Waals surface area contributed by atoms with Crippen LogP contribution < -0.4 is 0 Å². The summed E-state index contributed by atoms with van der Waals surface area (Å²) in [6.45, 7) is 4.03. The monoisotopic (exact) mass is 271 g/mol. The highest BCUT2D eigenvalue weighted by atomic mass is 14.7. The van der Waals surface area contributed by atoms with Crippen molar-refractivity contribution in [1.29, 1.82) is 0 Å². The number of benzene rings is 2. The van der Waals surface area contributed by atoms with Gasteiger partial charge in [0.1, 0.15) is 0 Å². The molecule has 0 amide bonds. The topological polar surface area (TPSA) is 12.9 Å². The molecule has 1 nitrogen and oxygen atoms in total. The SMILES string of the molecule is CC#Cc1cccc2cc(CC)c(-c3ccccc3)nc12. The average Bonchev–Trinajstić information content (AvgIpc) is 2.55. The minimum atomic E-state index is 0.969. The fourth-order valence-corrected chi connectivity index (χ4v) is 2.59. The Labute approximate surface area is 125 Å². The highest BCUT2D eigenvalue weighted by Crippen LogP contribution is 2.27. The first kappa shape index (κ1) is 13.4. The maximum absolute atomic E-state index is 4.93. The quantitative estimate of drug-likeness (QED) is 0.608. The summed E-state index contributed by atoms with van der Waals surface area (Å²) in [6.07, 6.45) is 0.969. The van der Waals surface area contributed by atoms with Crippen LogP contribution in [-0.2, 0) is 6.42 Å². The van der Waals surface area contributed by atoms with E-state index in [0.29, 0.717) is 0 Å². The third-order valence-electron chi connectivity index (χ3n) is 3.61. The lowest BCUT2D eigenvalue weighted by Crippen LogP contribution is -1.95. The third-order valence-corrected chi connectivity index (χ3v) is 3.61. The van der Waals surface area contributed by atoms with Crippen molar-refractivity contribution in [3.05, 3.63) is 65.7 Å². The van der Waals surface area contributed by atoms with Gasteiger partial charge < -0.3 is 0 Å². The van der Waals surface area contributed by atoms with Gasteiger partial charge in [0.05, 0.1) is 16.8 Å². The number of fused-ring (bicyclic) bond motifs is 1. The van der Waals surface area contributed by atoms with E-state index in [4.69, 9.17) is 4.98 Å². The molecule has 0 N–H and O–H groups in total. The molecule has 0 saturated heterocycles.